The van der Waals surface area contributed by atoms with Gasteiger partial charge in [0.2, 0.25) is 0 Å². The number of carbonyl (C=O) groups is 2. The number of aliphatic imine (C=N–C) groups is 1. The molecular weight excluding hydrogens is 444 g/mol. The van der Waals surface area contributed by atoms with Gasteiger partial charge in [0.15, 0.2) is 23.3 Å². The maximum absolute atomic E-state index is 13.1. The zero-order valence-electron chi connectivity index (χ0n) is 18.8. The maximum atomic E-state index is 13.1. The molecule has 9 heteroatoms. The molecule has 1 amide bonds. The van der Waals surface area contributed by atoms with Crippen LogP contribution in [0, 0.1) is 0 Å². The fourth-order valence-corrected chi connectivity index (χ4v) is 4.03. The standard InChI is InChI=1S/C24H26N2O6S/c1-29-13-7-12-26-23(28)21(33-24(26)25-18-8-5-4-6-9-18)15-17-10-11-19(20(14-17)30-2)32-16-22(27)31-3/h4-6,8-11,14-15H,7,12-13,16H2,1-3H3/b21-15+,25-24?. The molecule has 1 saturated heterocycles. The van der Waals surface area contributed by atoms with Gasteiger partial charge >= 0.3 is 5.97 Å². The number of benzene rings is 2. The fraction of sp³-hybridized carbons (Fsp3) is 0.292. The van der Waals surface area contributed by atoms with Crippen LogP contribution in [-0.4, -0.2) is 63.0 Å². The molecule has 0 aliphatic carbocycles. The molecule has 174 valence electrons. The number of para-hydroxylation sites is 1. The Balaban J connectivity index is 1.85. The van der Waals surface area contributed by atoms with Crippen LogP contribution in [0.1, 0.15) is 12.0 Å². The van der Waals surface area contributed by atoms with Crippen molar-refractivity contribution in [2.24, 2.45) is 4.99 Å². The molecule has 3 rings (SSSR count). The molecule has 0 bridgehead atoms. The molecule has 8 nitrogen and oxygen atoms in total. The van der Waals surface area contributed by atoms with Crippen LogP contribution >= 0.6 is 11.8 Å². The lowest BCUT2D eigenvalue weighted by Gasteiger charge is -2.15. The summed E-state index contributed by atoms with van der Waals surface area (Å²) >= 11 is 1.32. The van der Waals surface area contributed by atoms with E-state index in [9.17, 15) is 9.59 Å². The van der Waals surface area contributed by atoms with Gasteiger partial charge in [-0.3, -0.25) is 9.69 Å². The Labute approximate surface area is 197 Å². The largest absolute Gasteiger partial charge is 0.493 e. The number of thioether (sulfide) groups is 1. The van der Waals surface area contributed by atoms with Crippen LogP contribution in [0.2, 0.25) is 0 Å². The topological polar surface area (TPSA) is 86.7 Å². The Hall–Kier alpha value is -3.30. The highest BCUT2D eigenvalue weighted by Gasteiger charge is 2.33. The maximum Gasteiger partial charge on any atom is 0.343 e. The second-order valence-corrected chi connectivity index (χ2v) is 7.93. The molecule has 2 aromatic carbocycles. The van der Waals surface area contributed by atoms with Gasteiger partial charge in [-0.1, -0.05) is 24.3 Å². The Kier molecular flexibility index (Phi) is 8.91. The summed E-state index contributed by atoms with van der Waals surface area (Å²) in [6.07, 6.45) is 2.49. The van der Waals surface area contributed by atoms with Crippen LogP contribution in [0.25, 0.3) is 6.08 Å². The van der Waals surface area contributed by atoms with Crippen molar-refractivity contribution >= 4 is 40.6 Å². The summed E-state index contributed by atoms with van der Waals surface area (Å²) in [4.78, 5) is 31.4. The van der Waals surface area contributed by atoms with Crippen molar-refractivity contribution in [2.45, 2.75) is 6.42 Å². The fourth-order valence-electron chi connectivity index (χ4n) is 3.01. The first-order chi connectivity index (χ1) is 16.0. The molecule has 1 aliphatic rings. The number of amides is 1. The number of hydrogen-bond donors (Lipinski definition) is 0. The normalized spacial score (nSPS) is 15.8. The van der Waals surface area contributed by atoms with Crippen molar-refractivity contribution in [3.8, 4) is 11.5 Å². The molecule has 0 N–H and O–H groups in total. The molecule has 0 aromatic heterocycles. The molecule has 0 spiro atoms. The van der Waals surface area contributed by atoms with Crippen molar-refractivity contribution < 1.29 is 28.5 Å². The lowest BCUT2D eigenvalue weighted by molar-refractivity contribution is -0.142. The van der Waals surface area contributed by atoms with Crippen molar-refractivity contribution in [3.63, 3.8) is 0 Å². The predicted molar refractivity (Wildman–Crippen MR) is 128 cm³/mol. The average Bonchev–Trinajstić information content (AvgIpc) is 3.12. The van der Waals surface area contributed by atoms with Gasteiger partial charge < -0.3 is 18.9 Å². The molecule has 2 aromatic rings. The summed E-state index contributed by atoms with van der Waals surface area (Å²) in [5.41, 5.74) is 1.53. The number of esters is 1. The first kappa shape index (κ1) is 24.3. The minimum Gasteiger partial charge on any atom is -0.493 e. The van der Waals surface area contributed by atoms with Gasteiger partial charge in [0, 0.05) is 20.3 Å². The number of carbonyl (C=O) groups excluding carboxylic acids is 2. The van der Waals surface area contributed by atoms with Crippen molar-refractivity contribution in [3.05, 3.63) is 59.0 Å². The summed E-state index contributed by atoms with van der Waals surface area (Å²) < 4.78 is 20.6. The van der Waals surface area contributed by atoms with Crippen LogP contribution in [0.15, 0.2) is 58.4 Å². The summed E-state index contributed by atoms with van der Waals surface area (Å²) in [5, 5.41) is 0.624. The third kappa shape index (κ3) is 6.59. The SMILES string of the molecule is COCCCN1C(=O)/C(=C\c2ccc(OCC(=O)OC)c(OC)c2)SC1=Nc1ccccc1. The van der Waals surface area contributed by atoms with Gasteiger partial charge in [0.25, 0.3) is 5.91 Å². The van der Waals surface area contributed by atoms with Crippen LogP contribution in [0.3, 0.4) is 0 Å². The molecule has 0 atom stereocenters. The van der Waals surface area contributed by atoms with Crippen LogP contribution in [0.4, 0.5) is 5.69 Å². The van der Waals surface area contributed by atoms with E-state index in [1.807, 2.05) is 30.3 Å². The second kappa shape index (κ2) is 12.1. The summed E-state index contributed by atoms with van der Waals surface area (Å²) in [5.74, 6) is 0.243. The molecule has 0 radical (unpaired) electrons. The number of ether oxygens (including phenoxy) is 4. The summed E-state index contributed by atoms with van der Waals surface area (Å²) in [7, 11) is 4.44. The Morgan fingerprint density at radius 3 is 2.58 bits per heavy atom. The number of rotatable bonds is 10. The Morgan fingerprint density at radius 1 is 1.09 bits per heavy atom. The summed E-state index contributed by atoms with van der Waals surface area (Å²) in [6.45, 7) is 0.833. The van der Waals surface area contributed by atoms with E-state index < -0.39 is 5.97 Å². The van der Waals surface area contributed by atoms with Crippen LogP contribution < -0.4 is 9.47 Å². The van der Waals surface area contributed by atoms with E-state index in [0.29, 0.717) is 41.1 Å². The third-order valence-corrected chi connectivity index (χ3v) is 5.66. The number of methoxy groups -OCH3 is 3. The van der Waals surface area contributed by atoms with Gasteiger partial charge in [0.05, 0.1) is 24.8 Å². The molecule has 1 fully saturated rings. The van der Waals surface area contributed by atoms with E-state index in [4.69, 9.17) is 14.2 Å². The van der Waals surface area contributed by atoms with Gasteiger partial charge in [-0.2, -0.15) is 0 Å². The summed E-state index contributed by atoms with van der Waals surface area (Å²) in [6, 6.07) is 14.7. The monoisotopic (exact) mass is 470 g/mol. The highest BCUT2D eigenvalue weighted by Crippen LogP contribution is 2.36. The zero-order valence-corrected chi connectivity index (χ0v) is 19.6. The quantitative estimate of drug-likeness (QED) is 0.296. The first-order valence-corrected chi connectivity index (χ1v) is 11.1. The van der Waals surface area contributed by atoms with Gasteiger partial charge in [-0.15, -0.1) is 0 Å². The number of amidine groups is 1. The minimum absolute atomic E-state index is 0.115. The first-order valence-electron chi connectivity index (χ1n) is 10.3. The van der Waals surface area contributed by atoms with Gasteiger partial charge in [-0.25, -0.2) is 9.79 Å². The Morgan fingerprint density at radius 2 is 1.88 bits per heavy atom. The van der Waals surface area contributed by atoms with Crippen molar-refractivity contribution in [2.75, 3.05) is 41.1 Å². The van der Waals surface area contributed by atoms with Crippen molar-refractivity contribution in [1.82, 2.24) is 4.90 Å². The lowest BCUT2D eigenvalue weighted by Crippen LogP contribution is -2.30. The van der Waals surface area contributed by atoms with E-state index in [0.717, 1.165) is 11.3 Å². The average molecular weight is 471 g/mol. The van der Waals surface area contributed by atoms with Crippen LogP contribution in [0.5, 0.6) is 11.5 Å². The van der Waals surface area contributed by atoms with E-state index in [-0.39, 0.29) is 12.5 Å². The smallest absolute Gasteiger partial charge is 0.343 e. The van der Waals surface area contributed by atoms with E-state index in [2.05, 4.69) is 9.73 Å². The lowest BCUT2D eigenvalue weighted by atomic mass is 10.2. The van der Waals surface area contributed by atoms with Gasteiger partial charge in [0.1, 0.15) is 0 Å². The third-order valence-electron chi connectivity index (χ3n) is 4.66. The molecule has 1 heterocycles. The van der Waals surface area contributed by atoms with Crippen molar-refractivity contribution in [1.29, 1.82) is 0 Å². The Bertz CT molecular complexity index is 1040. The van der Waals surface area contributed by atoms with Gasteiger partial charge in [-0.05, 0) is 54.1 Å². The van der Waals surface area contributed by atoms with E-state index >= 15 is 0 Å². The second-order valence-electron chi connectivity index (χ2n) is 6.92. The zero-order chi connectivity index (χ0) is 23.6. The number of nitrogens with zero attached hydrogens (tertiary/aromatic N) is 2. The predicted octanol–water partition coefficient (Wildman–Crippen LogP) is 3.89. The molecule has 1 aliphatic heterocycles. The number of hydrogen-bond acceptors (Lipinski definition) is 8. The van der Waals surface area contributed by atoms with E-state index in [1.165, 1.54) is 26.0 Å². The molecule has 0 saturated carbocycles. The molecular formula is C24H26N2O6S. The van der Waals surface area contributed by atoms with E-state index in [1.54, 1.807) is 36.3 Å². The highest BCUT2D eigenvalue weighted by molar-refractivity contribution is 8.18. The van der Waals surface area contributed by atoms with Crippen LogP contribution in [-0.2, 0) is 19.1 Å². The minimum atomic E-state index is -0.491. The highest BCUT2D eigenvalue weighted by atomic mass is 32.2. The molecule has 0 unspecified atom stereocenters. The molecule has 33 heavy (non-hydrogen) atoms.